The molecule has 0 spiro atoms. The van der Waals surface area contributed by atoms with Crippen molar-refractivity contribution in [2.45, 2.75) is 32.6 Å². The maximum absolute atomic E-state index is 12.7. The molecule has 1 N–H and O–H groups in total. The minimum Gasteiger partial charge on any atom is -0.462 e. The van der Waals surface area contributed by atoms with Gasteiger partial charge in [0.2, 0.25) is 0 Å². The van der Waals surface area contributed by atoms with E-state index in [0.29, 0.717) is 23.7 Å². The van der Waals surface area contributed by atoms with Crippen LogP contribution in [-0.2, 0) is 4.74 Å². The first-order valence-electron chi connectivity index (χ1n) is 11.6. The second kappa shape index (κ2) is 11.0. The average molecular weight is 568 g/mol. The van der Waals surface area contributed by atoms with E-state index in [1.807, 2.05) is 61.5 Å². The zero-order chi connectivity index (χ0) is 24.1. The van der Waals surface area contributed by atoms with Gasteiger partial charge in [-0.25, -0.2) is 4.79 Å². The summed E-state index contributed by atoms with van der Waals surface area (Å²) in [6.07, 6.45) is 2.10. The zero-order valence-corrected chi connectivity index (χ0v) is 21.7. The number of aryl methyl sites for hydroxylation is 1. The number of hydrogen-bond acceptors (Lipinski definition) is 4. The number of hydrogen-bond donors (Lipinski definition) is 1. The molecule has 3 aromatic carbocycles. The van der Waals surface area contributed by atoms with Gasteiger partial charge >= 0.3 is 5.97 Å². The molecule has 3 aromatic rings. The number of halogens is 1. The number of nitrogens with one attached hydrogen (secondary N) is 1. The molecule has 0 atom stereocenters. The summed E-state index contributed by atoms with van der Waals surface area (Å²) in [7, 11) is 0. The van der Waals surface area contributed by atoms with Gasteiger partial charge in [-0.3, -0.25) is 4.79 Å². The van der Waals surface area contributed by atoms with Crippen LogP contribution in [0, 0.1) is 10.5 Å². The first-order valence-corrected chi connectivity index (χ1v) is 12.7. The van der Waals surface area contributed by atoms with Gasteiger partial charge in [0, 0.05) is 33.6 Å². The van der Waals surface area contributed by atoms with E-state index >= 15 is 0 Å². The van der Waals surface area contributed by atoms with Crippen LogP contribution >= 0.6 is 22.6 Å². The first-order chi connectivity index (χ1) is 16.4. The average Bonchev–Trinajstić information content (AvgIpc) is 2.87. The molecule has 5 nitrogen and oxygen atoms in total. The standard InChI is InChI=1S/C28H29IN2O3/c1-3-34-28(33)23-9-12-25(13-10-23)31-16-14-21(15-17-31)20-5-7-22(8-6-20)27(32)30-24-11-4-19(2)26(29)18-24/h4-13,18,21H,3,14-17H2,1-2H3,(H,30,32). The summed E-state index contributed by atoms with van der Waals surface area (Å²) >= 11 is 2.28. The maximum atomic E-state index is 12.7. The Hall–Kier alpha value is -2.87. The molecule has 1 heterocycles. The van der Waals surface area contributed by atoms with E-state index in [9.17, 15) is 9.59 Å². The van der Waals surface area contributed by atoms with Gasteiger partial charge in [0.05, 0.1) is 12.2 Å². The second-order valence-corrected chi connectivity index (χ2v) is 9.73. The molecule has 34 heavy (non-hydrogen) atoms. The Morgan fingerprint density at radius 3 is 2.24 bits per heavy atom. The molecule has 1 saturated heterocycles. The summed E-state index contributed by atoms with van der Waals surface area (Å²) < 4.78 is 6.19. The molecule has 1 aliphatic heterocycles. The molecule has 0 bridgehead atoms. The highest BCUT2D eigenvalue weighted by Crippen LogP contribution is 2.31. The molecule has 0 saturated carbocycles. The number of esters is 1. The van der Waals surface area contributed by atoms with Crippen LogP contribution in [0.2, 0.25) is 0 Å². The van der Waals surface area contributed by atoms with Crippen molar-refractivity contribution in [1.29, 1.82) is 0 Å². The van der Waals surface area contributed by atoms with E-state index in [1.165, 1.54) is 11.1 Å². The third kappa shape index (κ3) is 5.78. The molecular weight excluding hydrogens is 539 g/mol. The molecule has 176 valence electrons. The minimum absolute atomic E-state index is 0.0905. The van der Waals surface area contributed by atoms with Crippen LogP contribution in [0.5, 0.6) is 0 Å². The molecule has 0 aromatic heterocycles. The lowest BCUT2D eigenvalue weighted by molar-refractivity contribution is 0.0526. The topological polar surface area (TPSA) is 58.6 Å². The van der Waals surface area contributed by atoms with E-state index < -0.39 is 0 Å². The van der Waals surface area contributed by atoms with Crippen molar-refractivity contribution in [2.75, 3.05) is 29.9 Å². The number of ether oxygens (including phenoxy) is 1. The second-order valence-electron chi connectivity index (χ2n) is 8.57. The highest BCUT2D eigenvalue weighted by Gasteiger charge is 2.21. The number of benzene rings is 3. The van der Waals surface area contributed by atoms with Crippen LogP contribution in [-0.4, -0.2) is 31.6 Å². The molecule has 1 fully saturated rings. The molecule has 4 rings (SSSR count). The van der Waals surface area contributed by atoms with E-state index in [0.717, 1.165) is 40.9 Å². The van der Waals surface area contributed by atoms with Crippen molar-refractivity contribution in [3.63, 3.8) is 0 Å². The Kier molecular flexibility index (Phi) is 7.88. The maximum Gasteiger partial charge on any atom is 0.338 e. The predicted molar refractivity (Wildman–Crippen MR) is 145 cm³/mol. The first kappa shape index (κ1) is 24.3. The van der Waals surface area contributed by atoms with E-state index in [1.54, 1.807) is 0 Å². The largest absolute Gasteiger partial charge is 0.462 e. The van der Waals surface area contributed by atoms with Crippen LogP contribution in [0.25, 0.3) is 0 Å². The predicted octanol–water partition coefficient (Wildman–Crippen LogP) is 6.41. The smallest absolute Gasteiger partial charge is 0.338 e. The molecule has 6 heteroatoms. The Balaban J connectivity index is 1.32. The number of nitrogens with zero attached hydrogens (tertiary/aromatic N) is 1. The minimum atomic E-state index is -0.279. The van der Waals surface area contributed by atoms with Gasteiger partial charge < -0.3 is 15.0 Å². The fourth-order valence-electron chi connectivity index (χ4n) is 4.27. The van der Waals surface area contributed by atoms with Gasteiger partial charge in [0.1, 0.15) is 0 Å². The summed E-state index contributed by atoms with van der Waals surface area (Å²) in [6.45, 7) is 6.16. The molecule has 1 amide bonds. The number of rotatable bonds is 6. The highest BCUT2D eigenvalue weighted by atomic mass is 127. The third-order valence-electron chi connectivity index (χ3n) is 6.31. The van der Waals surface area contributed by atoms with Crippen molar-refractivity contribution in [3.05, 3.63) is 92.6 Å². The Morgan fingerprint density at radius 1 is 0.971 bits per heavy atom. The lowest BCUT2D eigenvalue weighted by Crippen LogP contribution is -2.32. The number of piperidine rings is 1. The summed E-state index contributed by atoms with van der Waals surface area (Å²) in [4.78, 5) is 26.9. The monoisotopic (exact) mass is 568 g/mol. The van der Waals surface area contributed by atoms with E-state index in [4.69, 9.17) is 4.74 Å². The lowest BCUT2D eigenvalue weighted by atomic mass is 9.88. The van der Waals surface area contributed by atoms with Crippen molar-refractivity contribution >= 4 is 45.8 Å². The van der Waals surface area contributed by atoms with Crippen molar-refractivity contribution in [2.24, 2.45) is 0 Å². The van der Waals surface area contributed by atoms with E-state index in [-0.39, 0.29) is 11.9 Å². The van der Waals surface area contributed by atoms with Gasteiger partial charge in [-0.15, -0.1) is 0 Å². The number of carbonyl (C=O) groups excluding carboxylic acids is 2. The lowest BCUT2D eigenvalue weighted by Gasteiger charge is -2.34. The molecule has 0 radical (unpaired) electrons. The summed E-state index contributed by atoms with van der Waals surface area (Å²) in [5.74, 6) is 0.108. The SMILES string of the molecule is CCOC(=O)c1ccc(N2CCC(c3ccc(C(=O)Nc4ccc(C)c(I)c4)cc3)CC2)cc1. The Bertz CT molecular complexity index is 1150. The van der Waals surface area contributed by atoms with Gasteiger partial charge in [0.15, 0.2) is 0 Å². The van der Waals surface area contributed by atoms with Crippen LogP contribution in [0.15, 0.2) is 66.7 Å². The van der Waals surface area contributed by atoms with Gasteiger partial charge in [-0.05, 0) is 115 Å². The number of anilines is 2. The molecule has 0 unspecified atom stereocenters. The quantitative estimate of drug-likeness (QED) is 0.276. The van der Waals surface area contributed by atoms with Gasteiger partial charge in [0.25, 0.3) is 5.91 Å². The third-order valence-corrected chi connectivity index (χ3v) is 7.47. The van der Waals surface area contributed by atoms with Crippen molar-refractivity contribution < 1.29 is 14.3 Å². The Morgan fingerprint density at radius 2 is 1.62 bits per heavy atom. The van der Waals surface area contributed by atoms with Gasteiger partial charge in [-0.1, -0.05) is 18.2 Å². The van der Waals surface area contributed by atoms with Crippen molar-refractivity contribution in [3.8, 4) is 0 Å². The normalized spacial score (nSPS) is 14.0. The van der Waals surface area contributed by atoms with Crippen molar-refractivity contribution in [1.82, 2.24) is 0 Å². The number of carbonyl (C=O) groups is 2. The van der Waals surface area contributed by atoms with Crippen LogP contribution in [0.3, 0.4) is 0 Å². The highest BCUT2D eigenvalue weighted by molar-refractivity contribution is 14.1. The molecular formula is C28H29IN2O3. The summed E-state index contributed by atoms with van der Waals surface area (Å²) in [5, 5.41) is 2.99. The zero-order valence-electron chi connectivity index (χ0n) is 19.5. The van der Waals surface area contributed by atoms with E-state index in [2.05, 4.69) is 51.9 Å². The summed E-state index contributed by atoms with van der Waals surface area (Å²) in [5.41, 5.74) is 5.66. The summed E-state index contributed by atoms with van der Waals surface area (Å²) in [6, 6.07) is 21.6. The molecule has 0 aliphatic carbocycles. The number of amides is 1. The Labute approximate surface area is 214 Å². The van der Waals surface area contributed by atoms with Crippen LogP contribution in [0.1, 0.15) is 57.5 Å². The van der Waals surface area contributed by atoms with Crippen LogP contribution in [0.4, 0.5) is 11.4 Å². The van der Waals surface area contributed by atoms with Gasteiger partial charge in [-0.2, -0.15) is 0 Å². The fraction of sp³-hybridized carbons (Fsp3) is 0.286. The van der Waals surface area contributed by atoms with Crippen LogP contribution < -0.4 is 10.2 Å². The fourth-order valence-corrected chi connectivity index (χ4v) is 4.79. The molecule has 1 aliphatic rings.